The summed E-state index contributed by atoms with van der Waals surface area (Å²) in [4.78, 5) is 2.32. The van der Waals surface area contributed by atoms with E-state index < -0.39 is 0 Å². The van der Waals surface area contributed by atoms with E-state index in [1.54, 1.807) is 0 Å². The van der Waals surface area contributed by atoms with Crippen molar-refractivity contribution >= 4 is 21.6 Å². The Kier molecular flexibility index (Phi) is 3.66. The number of aliphatic hydroxyl groups is 1. The first-order valence-electron chi connectivity index (χ1n) is 5.53. The van der Waals surface area contributed by atoms with Gasteiger partial charge < -0.3 is 10.0 Å². The Labute approximate surface area is 105 Å². The molecule has 1 fully saturated rings. The maximum absolute atomic E-state index is 9.39. The van der Waals surface area contributed by atoms with Gasteiger partial charge in [-0.15, -0.1) is 6.58 Å². The van der Waals surface area contributed by atoms with E-state index >= 15 is 0 Å². The molecule has 2 rings (SSSR count). The number of benzene rings is 1. The molecular formula is C13H16BrNO. The molecule has 0 unspecified atom stereocenters. The van der Waals surface area contributed by atoms with Crippen LogP contribution in [0.1, 0.15) is 18.4 Å². The molecule has 0 amide bonds. The highest BCUT2D eigenvalue weighted by Gasteiger charge is 2.29. The van der Waals surface area contributed by atoms with Crippen molar-refractivity contribution in [1.82, 2.24) is 0 Å². The molecule has 16 heavy (non-hydrogen) atoms. The minimum Gasteiger partial charge on any atom is -0.392 e. The molecule has 2 nitrogen and oxygen atoms in total. The second-order valence-electron chi connectivity index (χ2n) is 4.10. The number of rotatable bonds is 5. The van der Waals surface area contributed by atoms with Gasteiger partial charge in [-0.25, -0.2) is 0 Å². The van der Waals surface area contributed by atoms with Crippen LogP contribution in [0.2, 0.25) is 0 Å². The molecule has 0 aliphatic heterocycles. The van der Waals surface area contributed by atoms with Crippen molar-refractivity contribution in [1.29, 1.82) is 0 Å². The fourth-order valence-electron chi connectivity index (χ4n) is 1.93. The molecule has 1 aromatic carbocycles. The quantitative estimate of drug-likeness (QED) is 0.839. The van der Waals surface area contributed by atoms with Gasteiger partial charge in [-0.05, 0) is 31.0 Å². The highest BCUT2D eigenvalue weighted by atomic mass is 79.9. The van der Waals surface area contributed by atoms with Crippen molar-refractivity contribution < 1.29 is 5.11 Å². The van der Waals surface area contributed by atoms with E-state index in [-0.39, 0.29) is 6.61 Å². The SMILES string of the molecule is C=CCN(c1ccc(Br)cc1CO)C1CC1. The number of aliphatic hydroxyl groups excluding tert-OH is 1. The molecule has 0 radical (unpaired) electrons. The van der Waals surface area contributed by atoms with Gasteiger partial charge in [-0.2, -0.15) is 0 Å². The number of halogens is 1. The lowest BCUT2D eigenvalue weighted by Crippen LogP contribution is -2.26. The van der Waals surface area contributed by atoms with Crippen molar-refractivity contribution in [3.63, 3.8) is 0 Å². The van der Waals surface area contributed by atoms with Gasteiger partial charge in [0.2, 0.25) is 0 Å². The first-order chi connectivity index (χ1) is 7.76. The van der Waals surface area contributed by atoms with Crippen LogP contribution in [-0.4, -0.2) is 17.7 Å². The van der Waals surface area contributed by atoms with Gasteiger partial charge in [0.1, 0.15) is 0 Å². The Hall–Kier alpha value is -0.800. The summed E-state index contributed by atoms with van der Waals surface area (Å²) >= 11 is 3.43. The van der Waals surface area contributed by atoms with Crippen molar-refractivity contribution in [2.75, 3.05) is 11.4 Å². The molecule has 1 saturated carbocycles. The molecule has 0 spiro atoms. The smallest absolute Gasteiger partial charge is 0.0702 e. The van der Waals surface area contributed by atoms with Crippen molar-refractivity contribution in [3.05, 3.63) is 40.9 Å². The Morgan fingerprint density at radius 2 is 2.25 bits per heavy atom. The summed E-state index contributed by atoms with van der Waals surface area (Å²) in [5.74, 6) is 0. The van der Waals surface area contributed by atoms with Gasteiger partial charge in [0.15, 0.2) is 0 Å². The van der Waals surface area contributed by atoms with Crippen LogP contribution in [0.15, 0.2) is 35.3 Å². The second-order valence-corrected chi connectivity index (χ2v) is 5.02. The van der Waals surface area contributed by atoms with Gasteiger partial charge in [-0.3, -0.25) is 0 Å². The normalized spacial score (nSPS) is 14.9. The minimum absolute atomic E-state index is 0.0785. The lowest BCUT2D eigenvalue weighted by molar-refractivity contribution is 0.282. The summed E-state index contributed by atoms with van der Waals surface area (Å²) in [7, 11) is 0. The van der Waals surface area contributed by atoms with E-state index in [4.69, 9.17) is 0 Å². The van der Waals surface area contributed by atoms with E-state index in [9.17, 15) is 5.11 Å². The van der Waals surface area contributed by atoms with Crippen LogP contribution >= 0.6 is 15.9 Å². The monoisotopic (exact) mass is 281 g/mol. The molecule has 0 aromatic heterocycles. The lowest BCUT2D eigenvalue weighted by atomic mass is 10.1. The molecule has 0 heterocycles. The van der Waals surface area contributed by atoms with Crippen LogP contribution in [0, 0.1) is 0 Å². The molecule has 1 N–H and O–H groups in total. The molecule has 86 valence electrons. The van der Waals surface area contributed by atoms with E-state index in [2.05, 4.69) is 33.5 Å². The van der Waals surface area contributed by atoms with Gasteiger partial charge >= 0.3 is 0 Å². The Morgan fingerprint density at radius 1 is 1.50 bits per heavy atom. The summed E-state index contributed by atoms with van der Waals surface area (Å²) in [6.07, 6.45) is 4.41. The average Bonchev–Trinajstić information content (AvgIpc) is 3.10. The van der Waals surface area contributed by atoms with E-state index in [1.165, 1.54) is 12.8 Å². The van der Waals surface area contributed by atoms with Crippen molar-refractivity contribution in [3.8, 4) is 0 Å². The number of nitrogens with zero attached hydrogens (tertiary/aromatic N) is 1. The Bertz CT molecular complexity index is 388. The number of hydrogen-bond donors (Lipinski definition) is 1. The zero-order valence-corrected chi connectivity index (χ0v) is 10.8. The van der Waals surface area contributed by atoms with E-state index in [0.29, 0.717) is 6.04 Å². The maximum atomic E-state index is 9.39. The molecule has 3 heteroatoms. The summed E-state index contributed by atoms with van der Waals surface area (Å²) in [5, 5.41) is 9.39. The average molecular weight is 282 g/mol. The highest BCUT2D eigenvalue weighted by molar-refractivity contribution is 9.10. The van der Waals surface area contributed by atoms with Crippen LogP contribution < -0.4 is 4.90 Å². The van der Waals surface area contributed by atoms with Gasteiger partial charge in [0.05, 0.1) is 6.61 Å². The van der Waals surface area contributed by atoms with Gasteiger partial charge in [0, 0.05) is 28.3 Å². The minimum atomic E-state index is 0.0785. The first-order valence-corrected chi connectivity index (χ1v) is 6.32. The molecule has 0 bridgehead atoms. The lowest BCUT2D eigenvalue weighted by Gasteiger charge is -2.25. The van der Waals surface area contributed by atoms with Crippen LogP contribution in [0.5, 0.6) is 0 Å². The van der Waals surface area contributed by atoms with Gasteiger partial charge in [-0.1, -0.05) is 22.0 Å². The van der Waals surface area contributed by atoms with Crippen molar-refractivity contribution in [2.24, 2.45) is 0 Å². The van der Waals surface area contributed by atoms with Crippen LogP contribution in [0.25, 0.3) is 0 Å². The van der Waals surface area contributed by atoms with Gasteiger partial charge in [0.25, 0.3) is 0 Å². The first kappa shape index (κ1) is 11.7. The third kappa shape index (κ3) is 2.47. The van der Waals surface area contributed by atoms with E-state index in [1.807, 2.05) is 18.2 Å². The summed E-state index contributed by atoms with van der Waals surface area (Å²) in [6, 6.07) is 6.70. The second kappa shape index (κ2) is 5.02. The number of anilines is 1. The summed E-state index contributed by atoms with van der Waals surface area (Å²) < 4.78 is 1.01. The highest BCUT2D eigenvalue weighted by Crippen LogP contribution is 2.34. The molecule has 1 aliphatic rings. The largest absolute Gasteiger partial charge is 0.392 e. The fraction of sp³-hybridized carbons (Fsp3) is 0.385. The molecule has 1 aromatic rings. The Balaban J connectivity index is 2.31. The van der Waals surface area contributed by atoms with Crippen LogP contribution in [0.3, 0.4) is 0 Å². The summed E-state index contributed by atoms with van der Waals surface area (Å²) in [6.45, 7) is 4.72. The maximum Gasteiger partial charge on any atom is 0.0702 e. The standard InChI is InChI=1S/C13H16BrNO/c1-2-7-15(12-4-5-12)13-6-3-11(14)8-10(13)9-16/h2-3,6,8,12,16H,1,4-5,7,9H2. The van der Waals surface area contributed by atoms with Crippen molar-refractivity contribution in [2.45, 2.75) is 25.5 Å². The molecular weight excluding hydrogens is 266 g/mol. The molecule has 1 aliphatic carbocycles. The predicted molar refractivity (Wildman–Crippen MR) is 70.6 cm³/mol. The third-order valence-electron chi connectivity index (χ3n) is 2.83. The van der Waals surface area contributed by atoms with Crippen LogP contribution in [-0.2, 0) is 6.61 Å². The molecule has 0 saturated heterocycles. The summed E-state index contributed by atoms with van der Waals surface area (Å²) in [5.41, 5.74) is 2.11. The predicted octanol–water partition coefficient (Wildman–Crippen LogP) is 3.10. The van der Waals surface area contributed by atoms with E-state index in [0.717, 1.165) is 22.3 Å². The van der Waals surface area contributed by atoms with Crippen LogP contribution in [0.4, 0.5) is 5.69 Å². The topological polar surface area (TPSA) is 23.5 Å². The zero-order valence-electron chi connectivity index (χ0n) is 9.19. The Morgan fingerprint density at radius 3 is 2.81 bits per heavy atom. The number of hydrogen-bond acceptors (Lipinski definition) is 2. The zero-order chi connectivity index (χ0) is 11.5. The fourth-order valence-corrected chi connectivity index (χ4v) is 2.34. The third-order valence-corrected chi connectivity index (χ3v) is 3.33. The molecule has 0 atom stereocenters.